The van der Waals surface area contributed by atoms with Crippen LogP contribution in [0.2, 0.25) is 0 Å². The molecule has 0 amide bonds. The van der Waals surface area contributed by atoms with Crippen molar-refractivity contribution in [2.24, 2.45) is 0 Å². The minimum atomic E-state index is -2.85. The molecule has 0 aromatic carbocycles. The minimum absolute atomic E-state index is 0.0792. The van der Waals surface area contributed by atoms with E-state index in [-0.39, 0.29) is 17.5 Å². The summed E-state index contributed by atoms with van der Waals surface area (Å²) in [4.78, 5) is 0. The van der Waals surface area contributed by atoms with Crippen molar-refractivity contribution in [2.75, 3.05) is 17.8 Å². The number of sulfone groups is 1. The number of rotatable bonds is 6. The van der Waals surface area contributed by atoms with Crippen LogP contribution in [-0.2, 0) is 9.84 Å². The molecule has 1 saturated carbocycles. The molecule has 0 saturated heterocycles. The fourth-order valence-electron chi connectivity index (χ4n) is 2.25. The van der Waals surface area contributed by atoms with E-state index in [2.05, 4.69) is 11.6 Å². The van der Waals surface area contributed by atoms with Gasteiger partial charge in [0.1, 0.15) is 0 Å². The molecule has 0 bridgehead atoms. The summed E-state index contributed by atoms with van der Waals surface area (Å²) in [6.45, 7) is 3.68. The molecule has 3 atom stereocenters. The largest absolute Gasteiger partial charge is 0.310 e. The lowest BCUT2D eigenvalue weighted by molar-refractivity contribution is 0.469. The highest BCUT2D eigenvalue weighted by Crippen LogP contribution is 2.28. The van der Waals surface area contributed by atoms with Crippen LogP contribution < -0.4 is 5.32 Å². The van der Waals surface area contributed by atoms with Crippen LogP contribution in [0.4, 0.5) is 0 Å². The topological polar surface area (TPSA) is 46.2 Å². The van der Waals surface area contributed by atoms with Crippen molar-refractivity contribution in [2.45, 2.75) is 50.4 Å². The van der Waals surface area contributed by atoms with Crippen molar-refractivity contribution in [1.29, 1.82) is 0 Å². The number of nitrogens with one attached hydrogen (secondary N) is 1. The van der Waals surface area contributed by atoms with Gasteiger partial charge in [-0.25, -0.2) is 8.42 Å². The monoisotopic (exact) mass is 265 g/mol. The molecule has 0 aliphatic heterocycles. The highest BCUT2D eigenvalue weighted by Gasteiger charge is 2.25. The first-order valence-corrected chi connectivity index (χ1v) is 9.07. The molecule has 5 heteroatoms. The Labute approximate surface area is 104 Å². The van der Waals surface area contributed by atoms with Crippen molar-refractivity contribution in [3.63, 3.8) is 0 Å². The summed E-state index contributed by atoms with van der Waals surface area (Å²) in [7, 11) is -2.85. The van der Waals surface area contributed by atoms with E-state index in [9.17, 15) is 8.42 Å². The van der Waals surface area contributed by atoms with E-state index < -0.39 is 9.84 Å². The molecule has 0 aromatic heterocycles. The Hall–Kier alpha value is 0.260. The summed E-state index contributed by atoms with van der Waals surface area (Å²) in [6.07, 6.45) is 5.77. The first kappa shape index (κ1) is 14.3. The quantitative estimate of drug-likeness (QED) is 0.794. The van der Waals surface area contributed by atoms with E-state index in [1.54, 1.807) is 6.92 Å². The minimum Gasteiger partial charge on any atom is -0.310 e. The van der Waals surface area contributed by atoms with E-state index in [1.807, 2.05) is 18.7 Å². The van der Waals surface area contributed by atoms with Crippen LogP contribution in [0.3, 0.4) is 0 Å². The highest BCUT2D eigenvalue weighted by molar-refractivity contribution is 7.99. The van der Waals surface area contributed by atoms with Gasteiger partial charge in [-0.2, -0.15) is 11.8 Å². The maximum atomic E-state index is 11.5. The van der Waals surface area contributed by atoms with Gasteiger partial charge in [0, 0.05) is 23.1 Å². The summed E-state index contributed by atoms with van der Waals surface area (Å²) in [6, 6.07) is 0.593. The van der Waals surface area contributed by atoms with Crippen LogP contribution in [0, 0.1) is 0 Å². The van der Waals surface area contributed by atoms with Crippen LogP contribution in [0.15, 0.2) is 0 Å². The van der Waals surface area contributed by atoms with Gasteiger partial charge in [0.05, 0.1) is 5.75 Å². The normalized spacial score (nSPS) is 28.2. The number of hydrogen-bond acceptors (Lipinski definition) is 4. The van der Waals surface area contributed by atoms with Crippen LogP contribution in [-0.4, -0.2) is 43.5 Å². The molecule has 3 nitrogen and oxygen atoms in total. The van der Waals surface area contributed by atoms with Crippen molar-refractivity contribution in [3.8, 4) is 0 Å². The van der Waals surface area contributed by atoms with Crippen LogP contribution in [0.25, 0.3) is 0 Å². The van der Waals surface area contributed by atoms with Gasteiger partial charge in [-0.05, 0) is 32.4 Å². The van der Waals surface area contributed by atoms with Gasteiger partial charge < -0.3 is 5.32 Å². The molecule has 1 fully saturated rings. The second kappa shape index (κ2) is 6.26. The summed E-state index contributed by atoms with van der Waals surface area (Å²) >= 11 is 1.92. The van der Waals surface area contributed by atoms with Crippen molar-refractivity contribution < 1.29 is 8.42 Å². The lowest BCUT2D eigenvalue weighted by Crippen LogP contribution is -2.39. The molecule has 96 valence electrons. The third-order valence-electron chi connectivity index (χ3n) is 3.18. The summed E-state index contributed by atoms with van der Waals surface area (Å²) < 4.78 is 22.9. The predicted octanol–water partition coefficient (Wildman–Crippen LogP) is 1.68. The molecule has 1 N–H and O–H groups in total. The smallest absolute Gasteiger partial charge is 0.151 e. The third-order valence-corrected chi connectivity index (χ3v) is 6.16. The second-order valence-electron chi connectivity index (χ2n) is 4.63. The summed E-state index contributed by atoms with van der Waals surface area (Å²) in [5.41, 5.74) is 0. The summed E-state index contributed by atoms with van der Waals surface area (Å²) in [5, 5.41) is 4.20. The Kier molecular flexibility index (Phi) is 5.61. The van der Waals surface area contributed by atoms with E-state index in [1.165, 1.54) is 19.3 Å². The Morgan fingerprint density at radius 1 is 1.44 bits per heavy atom. The molecule has 0 heterocycles. The van der Waals surface area contributed by atoms with Gasteiger partial charge in [-0.1, -0.05) is 6.92 Å². The molecule has 1 aliphatic carbocycles. The van der Waals surface area contributed by atoms with E-state index in [0.717, 1.165) is 5.25 Å². The Morgan fingerprint density at radius 3 is 2.62 bits per heavy atom. The average molecular weight is 265 g/mol. The van der Waals surface area contributed by atoms with Crippen molar-refractivity contribution in [3.05, 3.63) is 0 Å². The molecule has 0 aromatic rings. The molecule has 16 heavy (non-hydrogen) atoms. The molecular weight excluding hydrogens is 242 g/mol. The highest BCUT2D eigenvalue weighted by atomic mass is 32.2. The lowest BCUT2D eigenvalue weighted by atomic mass is 10.2. The average Bonchev–Trinajstić information content (AvgIpc) is 2.64. The molecule has 1 aliphatic rings. The Morgan fingerprint density at radius 2 is 2.12 bits per heavy atom. The third kappa shape index (κ3) is 4.63. The first-order chi connectivity index (χ1) is 7.46. The zero-order chi connectivity index (χ0) is 12.2. The van der Waals surface area contributed by atoms with E-state index in [0.29, 0.717) is 6.04 Å². The Balaban J connectivity index is 2.33. The Bertz CT molecular complexity index is 303. The van der Waals surface area contributed by atoms with Gasteiger partial charge in [-0.15, -0.1) is 0 Å². The maximum absolute atomic E-state index is 11.5. The standard InChI is InChI=1S/C11H23NO2S2/c1-4-16(13,14)8-9(2)12-10-5-6-11(7-10)15-3/h9-12H,4-8H2,1-3H3. The number of hydrogen-bond donors (Lipinski definition) is 1. The van der Waals surface area contributed by atoms with E-state index in [4.69, 9.17) is 0 Å². The van der Waals surface area contributed by atoms with Gasteiger partial charge in [0.25, 0.3) is 0 Å². The molecule has 1 rings (SSSR count). The summed E-state index contributed by atoms with van der Waals surface area (Å²) in [5.74, 6) is 0.515. The molecule has 0 spiro atoms. The van der Waals surface area contributed by atoms with Gasteiger partial charge in [-0.3, -0.25) is 0 Å². The van der Waals surface area contributed by atoms with Crippen LogP contribution in [0.1, 0.15) is 33.1 Å². The van der Waals surface area contributed by atoms with Crippen LogP contribution >= 0.6 is 11.8 Å². The second-order valence-corrected chi connectivity index (χ2v) is 8.17. The zero-order valence-corrected chi connectivity index (χ0v) is 12.0. The van der Waals surface area contributed by atoms with Gasteiger partial charge in [0.2, 0.25) is 0 Å². The van der Waals surface area contributed by atoms with Gasteiger partial charge >= 0.3 is 0 Å². The SMILES string of the molecule is CCS(=O)(=O)CC(C)NC1CCC(SC)C1. The van der Waals surface area contributed by atoms with Crippen molar-refractivity contribution in [1.82, 2.24) is 5.32 Å². The zero-order valence-electron chi connectivity index (χ0n) is 10.4. The fourth-order valence-corrected chi connectivity index (χ4v) is 4.15. The predicted molar refractivity (Wildman–Crippen MR) is 71.9 cm³/mol. The first-order valence-electron chi connectivity index (χ1n) is 5.96. The maximum Gasteiger partial charge on any atom is 0.151 e. The van der Waals surface area contributed by atoms with Crippen LogP contribution in [0.5, 0.6) is 0 Å². The van der Waals surface area contributed by atoms with E-state index >= 15 is 0 Å². The van der Waals surface area contributed by atoms with Gasteiger partial charge in [0.15, 0.2) is 9.84 Å². The van der Waals surface area contributed by atoms with Crippen molar-refractivity contribution >= 4 is 21.6 Å². The molecule has 0 radical (unpaired) electrons. The number of thioether (sulfide) groups is 1. The molecule has 3 unspecified atom stereocenters. The lowest BCUT2D eigenvalue weighted by Gasteiger charge is -2.19. The molecular formula is C11H23NO2S2. The fraction of sp³-hybridized carbons (Fsp3) is 1.00.